The highest BCUT2D eigenvalue weighted by molar-refractivity contribution is 8.01. The van der Waals surface area contributed by atoms with Crippen LogP contribution in [0, 0.1) is 13.8 Å². The van der Waals surface area contributed by atoms with Crippen LogP contribution in [0.1, 0.15) is 34.0 Å². The van der Waals surface area contributed by atoms with E-state index in [4.69, 9.17) is 0 Å². The van der Waals surface area contributed by atoms with Gasteiger partial charge in [0.1, 0.15) is 0 Å². The van der Waals surface area contributed by atoms with Crippen LogP contribution < -0.4 is 9.62 Å². The third kappa shape index (κ3) is 5.84. The van der Waals surface area contributed by atoms with Gasteiger partial charge in [0.15, 0.2) is 4.34 Å². The first kappa shape index (κ1) is 23.2. The predicted molar refractivity (Wildman–Crippen MR) is 128 cm³/mol. The molecule has 0 radical (unpaired) electrons. The minimum Gasteiger partial charge on any atom is -0.296 e. The second-order valence-corrected chi connectivity index (χ2v) is 11.4. The molecular formula is C21H24N4O3S3. The lowest BCUT2D eigenvalue weighted by Gasteiger charge is -2.26. The molecule has 1 amide bonds. The molecule has 10 heteroatoms. The summed E-state index contributed by atoms with van der Waals surface area (Å²) in [6.45, 7) is 6.00. The van der Waals surface area contributed by atoms with Crippen LogP contribution in [0.4, 0.5) is 10.8 Å². The molecule has 3 rings (SSSR count). The molecule has 0 saturated heterocycles. The Morgan fingerprint density at radius 1 is 1.10 bits per heavy atom. The van der Waals surface area contributed by atoms with E-state index in [0.29, 0.717) is 16.4 Å². The third-order valence-electron chi connectivity index (χ3n) is 4.53. The Hall–Kier alpha value is -2.43. The molecule has 0 aliphatic carbocycles. The average Bonchev–Trinajstić information content (AvgIpc) is 3.14. The van der Waals surface area contributed by atoms with Crippen molar-refractivity contribution < 1.29 is 13.2 Å². The highest BCUT2D eigenvalue weighted by Gasteiger charge is 2.21. The smallest absolute Gasteiger partial charge is 0.257 e. The summed E-state index contributed by atoms with van der Waals surface area (Å²) in [5.41, 5.74) is 3.70. The molecule has 164 valence electrons. The summed E-state index contributed by atoms with van der Waals surface area (Å²) in [4.78, 5) is 12.5. The van der Waals surface area contributed by atoms with E-state index >= 15 is 0 Å². The van der Waals surface area contributed by atoms with Gasteiger partial charge in [0, 0.05) is 5.56 Å². The standard InChI is InChI=1S/C21H24N4O3S3/c1-5-29-21-24-23-20(30-21)22-19(26)17-11-9-16(10-12-17)13-25(31(4,27)28)18-14(2)7-6-8-15(18)3/h6-12H,5,13H2,1-4H3,(H,22,23,26). The molecule has 1 heterocycles. The minimum absolute atomic E-state index is 0.181. The largest absolute Gasteiger partial charge is 0.296 e. The van der Waals surface area contributed by atoms with Gasteiger partial charge in [0.25, 0.3) is 5.91 Å². The van der Waals surface area contributed by atoms with Crippen molar-refractivity contribution in [3.8, 4) is 0 Å². The van der Waals surface area contributed by atoms with Crippen LogP contribution in [0.3, 0.4) is 0 Å². The van der Waals surface area contributed by atoms with Crippen LogP contribution in [-0.2, 0) is 16.6 Å². The molecule has 0 unspecified atom stereocenters. The summed E-state index contributed by atoms with van der Waals surface area (Å²) >= 11 is 2.90. The molecule has 3 aromatic rings. The normalized spacial score (nSPS) is 11.4. The monoisotopic (exact) mass is 476 g/mol. The Morgan fingerprint density at radius 2 is 1.74 bits per heavy atom. The Balaban J connectivity index is 1.77. The van der Waals surface area contributed by atoms with E-state index in [0.717, 1.165) is 26.8 Å². The van der Waals surface area contributed by atoms with Gasteiger partial charge >= 0.3 is 0 Å². The molecule has 7 nitrogen and oxygen atoms in total. The van der Waals surface area contributed by atoms with Gasteiger partial charge in [-0.25, -0.2) is 8.42 Å². The van der Waals surface area contributed by atoms with Gasteiger partial charge in [0.05, 0.1) is 18.5 Å². The van der Waals surface area contributed by atoms with E-state index in [9.17, 15) is 13.2 Å². The summed E-state index contributed by atoms with van der Waals surface area (Å²) in [5.74, 6) is 0.599. The number of rotatable bonds is 8. The summed E-state index contributed by atoms with van der Waals surface area (Å²) in [6, 6.07) is 12.6. The maximum Gasteiger partial charge on any atom is 0.257 e. The van der Waals surface area contributed by atoms with Gasteiger partial charge in [-0.3, -0.25) is 14.4 Å². The van der Waals surface area contributed by atoms with Gasteiger partial charge in [-0.05, 0) is 48.4 Å². The molecule has 2 aromatic carbocycles. The first-order valence-corrected chi connectivity index (χ1v) is 13.2. The number of hydrogen-bond donors (Lipinski definition) is 1. The lowest BCUT2D eigenvalue weighted by Crippen LogP contribution is -2.30. The van der Waals surface area contributed by atoms with Crippen LogP contribution in [0.25, 0.3) is 0 Å². The van der Waals surface area contributed by atoms with Crippen LogP contribution in [0.2, 0.25) is 0 Å². The van der Waals surface area contributed by atoms with Crippen LogP contribution >= 0.6 is 23.1 Å². The number of sulfonamides is 1. The zero-order chi connectivity index (χ0) is 22.6. The quantitative estimate of drug-likeness (QED) is 0.381. The highest BCUT2D eigenvalue weighted by atomic mass is 32.2. The SMILES string of the molecule is CCSc1nnc(NC(=O)c2ccc(CN(c3c(C)cccc3C)S(C)(=O)=O)cc2)s1. The number of benzene rings is 2. The van der Waals surface area contributed by atoms with Gasteiger partial charge < -0.3 is 0 Å². The first-order valence-electron chi connectivity index (χ1n) is 9.59. The zero-order valence-corrected chi connectivity index (χ0v) is 20.2. The van der Waals surface area contributed by atoms with Crippen molar-refractivity contribution in [1.29, 1.82) is 0 Å². The maximum absolute atomic E-state index is 12.5. The number of nitrogens with zero attached hydrogens (tertiary/aromatic N) is 3. The molecule has 0 aliphatic heterocycles. The molecule has 1 aromatic heterocycles. The number of amides is 1. The topological polar surface area (TPSA) is 92.3 Å². The number of carbonyl (C=O) groups is 1. The summed E-state index contributed by atoms with van der Waals surface area (Å²) in [5, 5.41) is 11.2. The highest BCUT2D eigenvalue weighted by Crippen LogP contribution is 2.29. The van der Waals surface area contributed by atoms with Crippen LogP contribution in [-0.4, -0.2) is 36.5 Å². The fourth-order valence-electron chi connectivity index (χ4n) is 3.10. The van der Waals surface area contributed by atoms with Crippen molar-refractivity contribution in [3.63, 3.8) is 0 Å². The molecule has 0 saturated carbocycles. The van der Waals surface area contributed by atoms with E-state index in [1.54, 1.807) is 36.0 Å². The number of hydrogen-bond acceptors (Lipinski definition) is 7. The third-order valence-corrected chi connectivity index (χ3v) is 7.49. The van der Waals surface area contributed by atoms with Gasteiger partial charge in [0.2, 0.25) is 15.2 Å². The Kier molecular flexibility index (Phi) is 7.34. The van der Waals surface area contributed by atoms with E-state index in [2.05, 4.69) is 15.5 Å². The first-order chi connectivity index (χ1) is 14.7. The van der Waals surface area contributed by atoms with Gasteiger partial charge in [-0.1, -0.05) is 60.4 Å². The molecule has 31 heavy (non-hydrogen) atoms. The van der Waals surface area contributed by atoms with E-state index in [-0.39, 0.29) is 12.5 Å². The Bertz CT molecular complexity index is 1150. The predicted octanol–water partition coefficient (Wildman–Crippen LogP) is 4.49. The molecule has 1 N–H and O–H groups in total. The fraction of sp³-hybridized carbons (Fsp3) is 0.286. The van der Waals surface area contributed by atoms with Crippen LogP contribution in [0.5, 0.6) is 0 Å². The number of nitrogens with one attached hydrogen (secondary N) is 1. The minimum atomic E-state index is -3.49. The van der Waals surface area contributed by atoms with Crippen molar-refractivity contribution in [3.05, 3.63) is 64.7 Å². The number of anilines is 2. The Morgan fingerprint density at radius 3 is 2.32 bits per heavy atom. The van der Waals surface area contributed by atoms with Gasteiger partial charge in [-0.15, -0.1) is 10.2 Å². The van der Waals surface area contributed by atoms with E-state index < -0.39 is 10.0 Å². The lowest BCUT2D eigenvalue weighted by atomic mass is 10.1. The fourth-order valence-corrected chi connectivity index (χ4v) is 5.75. The second-order valence-electron chi connectivity index (χ2n) is 6.97. The van der Waals surface area contributed by atoms with Crippen LogP contribution in [0.15, 0.2) is 46.8 Å². The number of aryl methyl sites for hydroxylation is 2. The summed E-state index contributed by atoms with van der Waals surface area (Å²) < 4.78 is 27.2. The molecule has 0 fully saturated rings. The Labute approximate surface area is 191 Å². The van der Waals surface area contributed by atoms with E-state index in [1.807, 2.05) is 39.0 Å². The molecule has 0 aliphatic rings. The number of thioether (sulfide) groups is 1. The number of aromatic nitrogens is 2. The van der Waals surface area contributed by atoms with Crippen molar-refractivity contribution in [2.75, 3.05) is 21.6 Å². The summed E-state index contributed by atoms with van der Waals surface area (Å²) in [6.07, 6.45) is 1.20. The zero-order valence-electron chi connectivity index (χ0n) is 17.7. The number of carbonyl (C=O) groups excluding carboxylic acids is 1. The molecule has 0 spiro atoms. The molecular weight excluding hydrogens is 452 g/mol. The average molecular weight is 477 g/mol. The molecule has 0 atom stereocenters. The second kappa shape index (κ2) is 9.80. The van der Waals surface area contributed by atoms with E-state index in [1.165, 1.54) is 21.9 Å². The van der Waals surface area contributed by atoms with Crippen molar-refractivity contribution in [1.82, 2.24) is 10.2 Å². The van der Waals surface area contributed by atoms with Gasteiger partial charge in [-0.2, -0.15) is 0 Å². The summed E-state index contributed by atoms with van der Waals surface area (Å²) in [7, 11) is -3.49. The molecule has 0 bridgehead atoms. The van der Waals surface area contributed by atoms with Crippen molar-refractivity contribution in [2.24, 2.45) is 0 Å². The lowest BCUT2D eigenvalue weighted by molar-refractivity contribution is 0.102. The maximum atomic E-state index is 12.5. The number of para-hydroxylation sites is 1. The van der Waals surface area contributed by atoms with Crippen molar-refractivity contribution in [2.45, 2.75) is 31.7 Å². The van der Waals surface area contributed by atoms with Crippen molar-refractivity contribution >= 4 is 49.8 Å².